The van der Waals surface area contributed by atoms with Crippen LogP contribution >= 0.6 is 0 Å². The molecule has 0 unspecified atom stereocenters. The molecule has 0 aliphatic carbocycles. The van der Waals surface area contributed by atoms with E-state index in [1.54, 1.807) is 25.6 Å². The van der Waals surface area contributed by atoms with E-state index < -0.39 is 0 Å². The van der Waals surface area contributed by atoms with Gasteiger partial charge in [-0.15, -0.1) is 20.4 Å². The average Bonchev–Trinajstić information content (AvgIpc) is 2.56. The zero-order valence-corrected chi connectivity index (χ0v) is 12.5. The van der Waals surface area contributed by atoms with Crippen molar-refractivity contribution in [3.05, 3.63) is 41.7 Å². The van der Waals surface area contributed by atoms with Crippen molar-refractivity contribution in [2.75, 3.05) is 7.11 Å². The summed E-state index contributed by atoms with van der Waals surface area (Å²) in [6.45, 7) is 3.84. The van der Waals surface area contributed by atoms with E-state index in [0.717, 1.165) is 16.9 Å². The van der Waals surface area contributed by atoms with Crippen LogP contribution in [0.15, 0.2) is 30.6 Å². The lowest BCUT2D eigenvalue weighted by atomic mass is 10.1. The van der Waals surface area contributed by atoms with E-state index >= 15 is 0 Å². The van der Waals surface area contributed by atoms with E-state index in [-0.39, 0.29) is 0 Å². The third-order valence-electron chi connectivity index (χ3n) is 3.23. The van der Waals surface area contributed by atoms with Crippen molar-refractivity contribution >= 4 is 0 Å². The maximum atomic E-state index is 5.38. The van der Waals surface area contributed by atoms with Gasteiger partial charge in [-0.2, -0.15) is 0 Å². The first-order valence-corrected chi connectivity index (χ1v) is 6.70. The summed E-state index contributed by atoms with van der Waals surface area (Å²) in [5.74, 6) is 1.50. The van der Waals surface area contributed by atoms with Crippen LogP contribution in [0.1, 0.15) is 11.1 Å². The summed E-state index contributed by atoms with van der Waals surface area (Å²) >= 11 is 0. The Morgan fingerprint density at radius 1 is 0.909 bits per heavy atom. The molecular weight excluding hydrogens is 280 g/mol. The third-order valence-corrected chi connectivity index (χ3v) is 3.23. The molecule has 3 aromatic rings. The van der Waals surface area contributed by atoms with E-state index in [1.165, 1.54) is 0 Å². The summed E-state index contributed by atoms with van der Waals surface area (Å²) in [5, 5.41) is 16.4. The van der Waals surface area contributed by atoms with Crippen molar-refractivity contribution in [2.45, 2.75) is 13.8 Å². The molecule has 3 rings (SSSR count). The molecule has 110 valence electrons. The van der Waals surface area contributed by atoms with E-state index in [2.05, 4.69) is 30.4 Å². The van der Waals surface area contributed by atoms with Crippen molar-refractivity contribution in [3.63, 3.8) is 0 Å². The van der Waals surface area contributed by atoms with Crippen molar-refractivity contribution in [2.24, 2.45) is 0 Å². The first-order chi connectivity index (χ1) is 10.7. The van der Waals surface area contributed by atoms with Crippen LogP contribution in [0.2, 0.25) is 0 Å². The molecule has 3 heterocycles. The zero-order chi connectivity index (χ0) is 15.5. The van der Waals surface area contributed by atoms with Gasteiger partial charge >= 0.3 is 0 Å². The van der Waals surface area contributed by atoms with Crippen LogP contribution in [0.4, 0.5) is 0 Å². The Morgan fingerprint density at radius 2 is 1.64 bits per heavy atom. The van der Waals surface area contributed by atoms with Crippen molar-refractivity contribution < 1.29 is 4.74 Å². The fraction of sp³-hybridized carbons (Fsp3) is 0.200. The fourth-order valence-electron chi connectivity index (χ4n) is 2.18. The summed E-state index contributed by atoms with van der Waals surface area (Å²) < 4.78 is 5.38. The number of nitrogens with zero attached hydrogens (tertiary/aromatic N) is 6. The minimum Gasteiger partial charge on any atom is -0.496 e. The molecule has 0 aliphatic heterocycles. The van der Waals surface area contributed by atoms with Gasteiger partial charge in [0, 0.05) is 23.5 Å². The van der Waals surface area contributed by atoms with Gasteiger partial charge in [-0.3, -0.25) is 9.97 Å². The molecule has 0 aliphatic rings. The largest absolute Gasteiger partial charge is 0.496 e. The highest BCUT2D eigenvalue weighted by molar-refractivity contribution is 5.60. The normalized spacial score (nSPS) is 10.5. The van der Waals surface area contributed by atoms with Crippen molar-refractivity contribution in [1.82, 2.24) is 30.4 Å². The molecule has 0 fully saturated rings. The SMILES string of the molecule is COc1c(C)cnc(-c2nnc(-c3ccccn3)nn2)c1C. The van der Waals surface area contributed by atoms with Gasteiger partial charge in [0.05, 0.1) is 7.11 Å². The Hall–Kier alpha value is -2.96. The second kappa shape index (κ2) is 5.80. The highest BCUT2D eigenvalue weighted by atomic mass is 16.5. The van der Waals surface area contributed by atoms with Crippen LogP contribution in [0.3, 0.4) is 0 Å². The van der Waals surface area contributed by atoms with Gasteiger partial charge < -0.3 is 4.74 Å². The lowest BCUT2D eigenvalue weighted by Crippen LogP contribution is -2.04. The highest BCUT2D eigenvalue weighted by Gasteiger charge is 2.15. The average molecular weight is 294 g/mol. The number of hydrogen-bond acceptors (Lipinski definition) is 7. The van der Waals surface area contributed by atoms with Gasteiger partial charge in [-0.1, -0.05) is 6.07 Å². The predicted molar refractivity (Wildman–Crippen MR) is 80.1 cm³/mol. The van der Waals surface area contributed by atoms with Crippen LogP contribution in [0.5, 0.6) is 5.75 Å². The summed E-state index contributed by atoms with van der Waals surface area (Å²) in [6, 6.07) is 5.48. The number of aromatic nitrogens is 6. The molecule has 7 nitrogen and oxygen atoms in total. The zero-order valence-electron chi connectivity index (χ0n) is 12.5. The Morgan fingerprint density at radius 3 is 2.27 bits per heavy atom. The van der Waals surface area contributed by atoms with Gasteiger partial charge in [0.15, 0.2) is 0 Å². The second-order valence-electron chi connectivity index (χ2n) is 4.71. The quantitative estimate of drug-likeness (QED) is 0.730. The van der Waals surface area contributed by atoms with Crippen LogP contribution in [-0.2, 0) is 0 Å². The minimum atomic E-state index is 0.357. The molecule has 0 aromatic carbocycles. The van der Waals surface area contributed by atoms with Gasteiger partial charge in [0.1, 0.15) is 17.1 Å². The standard InChI is InChI=1S/C15H14N6O/c1-9-8-17-12(10(2)13(9)22-3)15-20-18-14(19-21-15)11-6-4-5-7-16-11/h4-8H,1-3H3. The number of ether oxygens (including phenoxy) is 1. The molecule has 0 N–H and O–H groups in total. The second-order valence-corrected chi connectivity index (χ2v) is 4.71. The Balaban J connectivity index is 2.01. The topological polar surface area (TPSA) is 86.6 Å². The number of methoxy groups -OCH3 is 1. The van der Waals surface area contributed by atoms with Gasteiger partial charge in [0.25, 0.3) is 0 Å². The van der Waals surface area contributed by atoms with E-state index in [9.17, 15) is 0 Å². The van der Waals surface area contributed by atoms with E-state index in [4.69, 9.17) is 4.74 Å². The molecule has 0 saturated carbocycles. The lowest BCUT2D eigenvalue weighted by molar-refractivity contribution is 0.408. The number of pyridine rings is 2. The molecule has 0 atom stereocenters. The lowest BCUT2D eigenvalue weighted by Gasteiger charge is -2.10. The number of rotatable bonds is 3. The Bertz CT molecular complexity index is 789. The summed E-state index contributed by atoms with van der Waals surface area (Å²) in [6.07, 6.45) is 3.39. The minimum absolute atomic E-state index is 0.357. The van der Waals surface area contributed by atoms with E-state index in [1.807, 2.05) is 26.0 Å². The molecule has 3 aromatic heterocycles. The molecule has 0 spiro atoms. The van der Waals surface area contributed by atoms with Crippen LogP contribution in [-0.4, -0.2) is 37.5 Å². The molecular formula is C15H14N6O. The molecule has 0 radical (unpaired) electrons. The smallest absolute Gasteiger partial charge is 0.222 e. The maximum Gasteiger partial charge on any atom is 0.222 e. The first-order valence-electron chi connectivity index (χ1n) is 6.70. The van der Waals surface area contributed by atoms with Crippen LogP contribution in [0, 0.1) is 13.8 Å². The molecule has 0 bridgehead atoms. The first kappa shape index (κ1) is 14.0. The number of hydrogen-bond donors (Lipinski definition) is 0. The maximum absolute atomic E-state index is 5.38. The summed E-state index contributed by atoms with van der Waals surface area (Å²) in [5.41, 5.74) is 3.04. The van der Waals surface area contributed by atoms with Crippen molar-refractivity contribution in [1.29, 1.82) is 0 Å². The van der Waals surface area contributed by atoms with Crippen LogP contribution < -0.4 is 4.74 Å². The summed E-state index contributed by atoms with van der Waals surface area (Å²) in [4.78, 5) is 8.53. The Kier molecular flexibility index (Phi) is 3.69. The monoisotopic (exact) mass is 294 g/mol. The Labute approximate surface area is 127 Å². The van der Waals surface area contributed by atoms with Crippen LogP contribution in [0.25, 0.3) is 23.0 Å². The highest BCUT2D eigenvalue weighted by Crippen LogP contribution is 2.28. The molecule has 22 heavy (non-hydrogen) atoms. The third kappa shape index (κ3) is 2.48. The fourth-order valence-corrected chi connectivity index (χ4v) is 2.18. The molecule has 7 heteroatoms. The van der Waals surface area contributed by atoms with Gasteiger partial charge in [0.2, 0.25) is 11.6 Å². The van der Waals surface area contributed by atoms with Crippen molar-refractivity contribution in [3.8, 4) is 28.8 Å². The summed E-state index contributed by atoms with van der Waals surface area (Å²) in [7, 11) is 1.63. The molecule has 0 amide bonds. The molecule has 0 saturated heterocycles. The van der Waals surface area contributed by atoms with Gasteiger partial charge in [-0.25, -0.2) is 0 Å². The van der Waals surface area contributed by atoms with Gasteiger partial charge in [-0.05, 0) is 26.0 Å². The number of aryl methyl sites for hydroxylation is 1. The van der Waals surface area contributed by atoms with E-state index in [0.29, 0.717) is 23.0 Å². The predicted octanol–water partition coefficient (Wildman–Crippen LogP) is 2.02.